The molecule has 0 radical (unpaired) electrons. The third kappa shape index (κ3) is 2.48. The highest BCUT2D eigenvalue weighted by atomic mass is 16.3. The van der Waals surface area contributed by atoms with E-state index in [1.165, 1.54) is 12.0 Å². The Balaban J connectivity index is 1.64. The number of fused-ring (bicyclic) bond motifs is 7. The lowest BCUT2D eigenvalue weighted by molar-refractivity contribution is -0.155. The minimum Gasteiger partial charge on any atom is -0.504 e. The van der Waals surface area contributed by atoms with E-state index < -0.39 is 0 Å². The van der Waals surface area contributed by atoms with Gasteiger partial charge in [-0.05, 0) is 97.3 Å². The van der Waals surface area contributed by atoms with Gasteiger partial charge in [0.15, 0.2) is 5.76 Å². The summed E-state index contributed by atoms with van der Waals surface area (Å²) in [6.07, 6.45) is 15.4. The fraction of sp³-hybridized carbons (Fsp3) is 0.643. The second-order valence-electron chi connectivity index (χ2n) is 12.3. The highest BCUT2D eigenvalue weighted by Gasteiger charge is 2.66. The number of allylic oxidation sites excluding steroid dienone is 7. The van der Waals surface area contributed by atoms with Gasteiger partial charge in [-0.3, -0.25) is 4.79 Å². The first-order chi connectivity index (χ1) is 14.4. The van der Waals surface area contributed by atoms with Gasteiger partial charge in [-0.25, -0.2) is 0 Å². The van der Waals surface area contributed by atoms with Crippen molar-refractivity contribution in [3.8, 4) is 6.07 Å². The lowest BCUT2D eigenvalue weighted by Crippen LogP contribution is -2.61. The summed E-state index contributed by atoms with van der Waals surface area (Å²) in [4.78, 5) is 12.4. The van der Waals surface area contributed by atoms with Gasteiger partial charge >= 0.3 is 0 Å². The van der Waals surface area contributed by atoms with E-state index in [1.54, 1.807) is 12.2 Å². The molecule has 3 fully saturated rings. The zero-order valence-corrected chi connectivity index (χ0v) is 19.6. The van der Waals surface area contributed by atoms with Crippen molar-refractivity contribution in [2.45, 2.75) is 79.6 Å². The lowest BCUT2D eigenvalue weighted by Gasteiger charge is -2.69. The molecule has 0 aromatic rings. The third-order valence-corrected chi connectivity index (χ3v) is 10.7. The Hall–Kier alpha value is -2.08. The van der Waals surface area contributed by atoms with Crippen LogP contribution in [0.3, 0.4) is 0 Å². The van der Waals surface area contributed by atoms with Crippen LogP contribution in [0, 0.1) is 44.3 Å². The Bertz CT molecular complexity index is 1050. The van der Waals surface area contributed by atoms with E-state index in [4.69, 9.17) is 0 Å². The molecule has 0 spiro atoms. The predicted octanol–water partition coefficient (Wildman–Crippen LogP) is 6.75. The number of aliphatic hydroxyl groups excluding tert-OH is 1. The number of carbonyl (C=O) groups is 1. The van der Waals surface area contributed by atoms with Crippen molar-refractivity contribution in [2.75, 3.05) is 0 Å². The predicted molar refractivity (Wildman–Crippen MR) is 122 cm³/mol. The lowest BCUT2D eigenvalue weighted by atomic mass is 9.34. The Morgan fingerprint density at radius 3 is 2.39 bits per heavy atom. The minimum absolute atomic E-state index is 0.0347. The van der Waals surface area contributed by atoms with Crippen molar-refractivity contribution >= 4 is 5.78 Å². The fourth-order valence-corrected chi connectivity index (χ4v) is 8.30. The molecule has 1 N–H and O–H groups in total. The van der Waals surface area contributed by atoms with E-state index >= 15 is 0 Å². The van der Waals surface area contributed by atoms with Gasteiger partial charge in [0.1, 0.15) is 0 Å². The molecule has 0 bridgehead atoms. The van der Waals surface area contributed by atoms with Gasteiger partial charge in [-0.15, -0.1) is 0 Å². The van der Waals surface area contributed by atoms with Gasteiger partial charge in [-0.1, -0.05) is 45.4 Å². The molecule has 3 heteroatoms. The van der Waals surface area contributed by atoms with E-state index in [0.29, 0.717) is 11.3 Å². The van der Waals surface area contributed by atoms with Crippen molar-refractivity contribution in [2.24, 2.45) is 33.0 Å². The maximum atomic E-state index is 12.4. The summed E-state index contributed by atoms with van der Waals surface area (Å²) in [5.74, 6) is 0.0917. The molecular formula is C28H35NO2. The van der Waals surface area contributed by atoms with Crippen LogP contribution in [0.5, 0.6) is 0 Å². The number of ketones is 1. The molecule has 6 atom stereocenters. The summed E-state index contributed by atoms with van der Waals surface area (Å²) < 4.78 is 0. The fourth-order valence-electron chi connectivity index (χ4n) is 8.30. The second-order valence-corrected chi connectivity index (χ2v) is 12.3. The molecule has 164 valence electrons. The molecule has 0 heterocycles. The number of nitriles is 1. The number of nitrogens with zero attached hydrogens (tertiary/aromatic N) is 1. The number of aliphatic hydroxyl groups is 1. The van der Waals surface area contributed by atoms with Gasteiger partial charge in [-0.2, -0.15) is 5.26 Å². The van der Waals surface area contributed by atoms with Crippen LogP contribution in [0.1, 0.15) is 79.6 Å². The third-order valence-electron chi connectivity index (χ3n) is 10.7. The molecule has 5 aliphatic carbocycles. The van der Waals surface area contributed by atoms with Crippen LogP contribution in [-0.2, 0) is 4.79 Å². The molecular weight excluding hydrogens is 382 g/mol. The summed E-state index contributed by atoms with van der Waals surface area (Å²) in [7, 11) is 0. The molecule has 5 aliphatic rings. The first kappa shape index (κ1) is 20.8. The normalized spacial score (nSPS) is 48.5. The van der Waals surface area contributed by atoms with E-state index in [-0.39, 0.29) is 33.2 Å². The maximum Gasteiger partial charge on any atom is 0.220 e. The van der Waals surface area contributed by atoms with E-state index in [1.807, 2.05) is 0 Å². The molecule has 0 amide bonds. The van der Waals surface area contributed by atoms with E-state index in [9.17, 15) is 15.2 Å². The number of carbonyl (C=O) groups excluding carboxylic acids is 1. The van der Waals surface area contributed by atoms with Crippen LogP contribution < -0.4 is 0 Å². The molecule has 31 heavy (non-hydrogen) atoms. The molecule has 0 aliphatic heterocycles. The summed E-state index contributed by atoms with van der Waals surface area (Å²) >= 11 is 0. The van der Waals surface area contributed by atoms with Crippen LogP contribution in [0.2, 0.25) is 0 Å². The quantitative estimate of drug-likeness (QED) is 0.474. The van der Waals surface area contributed by atoms with Crippen LogP contribution in [-0.4, -0.2) is 10.9 Å². The largest absolute Gasteiger partial charge is 0.504 e. The molecule has 3 nitrogen and oxygen atoms in total. The van der Waals surface area contributed by atoms with Crippen molar-refractivity contribution in [3.63, 3.8) is 0 Å². The van der Waals surface area contributed by atoms with E-state index in [2.05, 4.69) is 52.8 Å². The van der Waals surface area contributed by atoms with Crippen LogP contribution in [0.4, 0.5) is 0 Å². The van der Waals surface area contributed by atoms with Crippen molar-refractivity contribution < 1.29 is 9.90 Å². The standard InChI is InChI=1S/C28H35NO2/c1-24(17-29)8-9-25(2)10-12-27(4)22-7-6-18-14-20(30)21(31)15-19(18)26(22,3)11-13-28(27,5)23(25)16-24/h6-7,14-15,23,30H,8-13,16H2,1-5H3/t23-,24-,25-,26+,27-,28+/m1/s1. The van der Waals surface area contributed by atoms with E-state index in [0.717, 1.165) is 49.7 Å². The summed E-state index contributed by atoms with van der Waals surface area (Å²) in [6, 6.07) is 2.66. The van der Waals surface area contributed by atoms with Crippen LogP contribution in [0.15, 0.2) is 46.8 Å². The van der Waals surface area contributed by atoms with Gasteiger partial charge in [0, 0.05) is 5.41 Å². The highest BCUT2D eigenvalue weighted by Crippen LogP contribution is 2.75. The van der Waals surface area contributed by atoms with Crippen LogP contribution >= 0.6 is 0 Å². The molecule has 0 aromatic heterocycles. The Morgan fingerprint density at radius 1 is 0.968 bits per heavy atom. The van der Waals surface area contributed by atoms with Gasteiger partial charge in [0.25, 0.3) is 0 Å². The summed E-state index contributed by atoms with van der Waals surface area (Å²) in [6.45, 7) is 11.9. The SMILES string of the molecule is C[C@@]1(C#N)CC[C@]2(C)CC[C@]3(C)C4=CC=C5C=C(O)C(=O)C=C5[C@]4(C)CC[C@@]3(C)[C@@H]2C1. The minimum atomic E-state index is -0.276. The maximum absolute atomic E-state index is 12.4. The van der Waals surface area contributed by atoms with Crippen LogP contribution in [0.25, 0.3) is 0 Å². The molecule has 5 rings (SSSR count). The first-order valence-electron chi connectivity index (χ1n) is 11.9. The molecule has 0 saturated heterocycles. The number of hydrogen-bond acceptors (Lipinski definition) is 3. The first-order valence-corrected chi connectivity index (χ1v) is 11.9. The number of rotatable bonds is 0. The Kier molecular flexibility index (Phi) is 4.05. The van der Waals surface area contributed by atoms with Crippen molar-refractivity contribution in [3.05, 3.63) is 46.8 Å². The monoisotopic (exact) mass is 417 g/mol. The smallest absolute Gasteiger partial charge is 0.220 e. The summed E-state index contributed by atoms with van der Waals surface area (Å²) in [5.41, 5.74) is 3.59. The second kappa shape index (κ2) is 6.03. The van der Waals surface area contributed by atoms with Crippen molar-refractivity contribution in [1.82, 2.24) is 0 Å². The average Bonchev–Trinajstić information content (AvgIpc) is 2.73. The van der Waals surface area contributed by atoms with Gasteiger partial charge < -0.3 is 5.11 Å². The Labute approximate surface area is 186 Å². The zero-order valence-electron chi connectivity index (χ0n) is 19.6. The highest BCUT2D eigenvalue weighted by molar-refractivity contribution is 6.05. The number of hydrogen-bond donors (Lipinski definition) is 1. The van der Waals surface area contributed by atoms with Gasteiger partial charge in [0.2, 0.25) is 5.78 Å². The molecule has 3 saturated carbocycles. The average molecular weight is 418 g/mol. The molecule has 0 aromatic carbocycles. The summed E-state index contributed by atoms with van der Waals surface area (Å²) in [5, 5.41) is 19.9. The van der Waals surface area contributed by atoms with Crippen molar-refractivity contribution in [1.29, 1.82) is 5.26 Å². The van der Waals surface area contributed by atoms with Gasteiger partial charge in [0.05, 0.1) is 11.5 Å². The Morgan fingerprint density at radius 2 is 1.68 bits per heavy atom. The topological polar surface area (TPSA) is 61.1 Å². The molecule has 0 unspecified atom stereocenters. The zero-order chi connectivity index (χ0) is 22.4.